The molecule has 0 aliphatic heterocycles. The summed E-state index contributed by atoms with van der Waals surface area (Å²) in [5.41, 5.74) is 4.15. The fourth-order valence-electron chi connectivity index (χ4n) is 4.44. The Bertz CT molecular complexity index is 608. The molecule has 2 fully saturated rings. The zero-order chi connectivity index (χ0) is 15.4. The highest BCUT2D eigenvalue weighted by atomic mass is 16.2. The second-order valence-electron chi connectivity index (χ2n) is 7.55. The summed E-state index contributed by atoms with van der Waals surface area (Å²) in [7, 11) is 0. The van der Waals surface area contributed by atoms with Gasteiger partial charge in [-0.05, 0) is 67.7 Å². The number of amides is 1. The lowest BCUT2D eigenvalue weighted by Crippen LogP contribution is -2.37. The Hall–Kier alpha value is -1.57. The molecule has 0 spiro atoms. The lowest BCUT2D eigenvalue weighted by Gasteiger charge is -2.37. The van der Waals surface area contributed by atoms with Crippen molar-refractivity contribution in [2.75, 3.05) is 5.32 Å². The summed E-state index contributed by atoms with van der Waals surface area (Å²) in [5, 5.41) is 3.15. The van der Waals surface area contributed by atoms with Crippen molar-refractivity contribution in [1.82, 2.24) is 0 Å². The Morgan fingerprint density at radius 3 is 2.38 bits per heavy atom. The summed E-state index contributed by atoms with van der Waals surface area (Å²) in [6.45, 7) is 12.9. The Morgan fingerprint density at radius 1 is 1.24 bits per heavy atom. The molecule has 0 saturated heterocycles. The van der Waals surface area contributed by atoms with Gasteiger partial charge >= 0.3 is 0 Å². The zero-order valence-electron chi connectivity index (χ0n) is 13.5. The van der Waals surface area contributed by atoms with Crippen molar-refractivity contribution >= 4 is 11.6 Å². The topological polar surface area (TPSA) is 29.1 Å². The van der Waals surface area contributed by atoms with Crippen molar-refractivity contribution in [1.29, 1.82) is 0 Å². The molecule has 112 valence electrons. The van der Waals surface area contributed by atoms with E-state index in [4.69, 9.17) is 0 Å². The maximum Gasteiger partial charge on any atom is 0.234 e. The number of anilines is 1. The first-order valence-electron chi connectivity index (χ1n) is 7.85. The average Bonchev–Trinajstić information content (AvgIpc) is 2.89. The van der Waals surface area contributed by atoms with Crippen LogP contribution >= 0.6 is 0 Å². The maximum atomic E-state index is 12.9. The molecule has 0 aromatic heterocycles. The van der Waals surface area contributed by atoms with E-state index >= 15 is 0 Å². The van der Waals surface area contributed by atoms with E-state index < -0.39 is 0 Å². The van der Waals surface area contributed by atoms with Gasteiger partial charge in [-0.1, -0.05) is 32.1 Å². The van der Waals surface area contributed by atoms with E-state index in [0.29, 0.717) is 5.92 Å². The number of aryl methyl sites for hydroxylation is 2. The van der Waals surface area contributed by atoms with Crippen LogP contribution in [0.3, 0.4) is 0 Å². The molecule has 2 heteroatoms. The van der Waals surface area contributed by atoms with Crippen LogP contribution in [0.25, 0.3) is 0 Å². The van der Waals surface area contributed by atoms with E-state index in [-0.39, 0.29) is 16.7 Å². The van der Waals surface area contributed by atoms with Gasteiger partial charge in [0.1, 0.15) is 0 Å². The average molecular weight is 283 g/mol. The molecule has 1 amide bonds. The monoisotopic (exact) mass is 283 g/mol. The minimum atomic E-state index is -0.341. The van der Waals surface area contributed by atoms with E-state index in [1.54, 1.807) is 0 Å². The van der Waals surface area contributed by atoms with Gasteiger partial charge in [0.25, 0.3) is 0 Å². The van der Waals surface area contributed by atoms with Crippen LogP contribution in [0.4, 0.5) is 5.69 Å². The van der Waals surface area contributed by atoms with Crippen molar-refractivity contribution in [3.8, 4) is 0 Å². The maximum absolute atomic E-state index is 12.9. The van der Waals surface area contributed by atoms with Gasteiger partial charge in [-0.15, -0.1) is 0 Å². The minimum absolute atomic E-state index is 0.0953. The molecule has 0 heterocycles. The first kappa shape index (κ1) is 14.4. The molecule has 2 aliphatic carbocycles. The summed E-state index contributed by atoms with van der Waals surface area (Å²) in [4.78, 5) is 12.9. The highest BCUT2D eigenvalue weighted by Gasteiger charge is 2.60. The van der Waals surface area contributed by atoms with Crippen molar-refractivity contribution in [2.24, 2.45) is 16.7 Å². The molecule has 1 N–H and O–H groups in total. The lowest BCUT2D eigenvalue weighted by atomic mass is 9.68. The SMILES string of the molecule is C=C1C(C)(C)[C@@H]2CC[C@@]1(C(=O)Nc1cc(C)cc(C)c1)C2. The summed E-state index contributed by atoms with van der Waals surface area (Å²) in [6, 6.07) is 6.20. The number of hydrogen-bond acceptors (Lipinski definition) is 1. The molecule has 1 aromatic rings. The van der Waals surface area contributed by atoms with Crippen LogP contribution in [0, 0.1) is 30.6 Å². The normalized spacial score (nSPS) is 29.7. The number of carbonyl (C=O) groups is 1. The van der Waals surface area contributed by atoms with E-state index in [1.165, 1.54) is 11.1 Å². The van der Waals surface area contributed by atoms with Crippen LogP contribution in [0.1, 0.15) is 44.2 Å². The fraction of sp³-hybridized carbons (Fsp3) is 0.526. The van der Waals surface area contributed by atoms with Crippen LogP contribution < -0.4 is 5.32 Å². The Balaban J connectivity index is 1.88. The molecule has 2 bridgehead atoms. The van der Waals surface area contributed by atoms with Crippen LogP contribution in [-0.4, -0.2) is 5.91 Å². The first-order valence-corrected chi connectivity index (χ1v) is 7.85. The predicted molar refractivity (Wildman–Crippen MR) is 87.2 cm³/mol. The van der Waals surface area contributed by atoms with Crippen LogP contribution in [0.2, 0.25) is 0 Å². The number of rotatable bonds is 2. The molecule has 2 atom stereocenters. The quantitative estimate of drug-likeness (QED) is 0.788. The molecule has 21 heavy (non-hydrogen) atoms. The van der Waals surface area contributed by atoms with E-state index in [0.717, 1.165) is 30.5 Å². The largest absolute Gasteiger partial charge is 0.325 e. The molecule has 2 saturated carbocycles. The number of fused-ring (bicyclic) bond motifs is 2. The van der Waals surface area contributed by atoms with Gasteiger partial charge < -0.3 is 5.32 Å². The second-order valence-corrected chi connectivity index (χ2v) is 7.55. The molecule has 2 nitrogen and oxygen atoms in total. The Morgan fingerprint density at radius 2 is 1.86 bits per heavy atom. The summed E-state index contributed by atoms with van der Waals surface area (Å²) in [6.07, 6.45) is 3.07. The standard InChI is InChI=1S/C19H25NO/c1-12-8-13(2)10-16(9-12)20-17(21)19-7-6-15(11-19)18(4,5)14(19)3/h8-10,15H,3,6-7,11H2,1-2,4-5H3,(H,20,21)/t15-,19-/m1/s1. The molecule has 0 unspecified atom stereocenters. The van der Waals surface area contributed by atoms with Crippen LogP contribution in [0.15, 0.2) is 30.4 Å². The fourth-order valence-corrected chi connectivity index (χ4v) is 4.44. The predicted octanol–water partition coefficient (Wildman–Crippen LogP) is 4.62. The van der Waals surface area contributed by atoms with E-state index in [9.17, 15) is 4.79 Å². The van der Waals surface area contributed by atoms with Gasteiger partial charge in [-0.25, -0.2) is 0 Å². The van der Waals surface area contributed by atoms with E-state index in [1.807, 2.05) is 12.1 Å². The van der Waals surface area contributed by atoms with Crippen molar-refractivity contribution < 1.29 is 4.79 Å². The highest BCUT2D eigenvalue weighted by molar-refractivity contribution is 5.98. The van der Waals surface area contributed by atoms with Gasteiger partial charge in [0.05, 0.1) is 5.41 Å². The number of nitrogens with one attached hydrogen (secondary N) is 1. The van der Waals surface area contributed by atoms with Crippen molar-refractivity contribution in [3.05, 3.63) is 41.5 Å². The number of hydrogen-bond donors (Lipinski definition) is 1. The molecular weight excluding hydrogens is 258 g/mol. The molecule has 0 radical (unpaired) electrons. The van der Waals surface area contributed by atoms with Gasteiger partial charge in [-0.3, -0.25) is 4.79 Å². The third-order valence-corrected chi connectivity index (χ3v) is 5.80. The smallest absolute Gasteiger partial charge is 0.234 e. The second kappa shape index (κ2) is 4.46. The molecule has 2 aliphatic rings. The zero-order valence-corrected chi connectivity index (χ0v) is 13.5. The highest BCUT2D eigenvalue weighted by Crippen LogP contribution is 2.65. The minimum Gasteiger partial charge on any atom is -0.325 e. The van der Waals surface area contributed by atoms with Gasteiger partial charge in [0.15, 0.2) is 0 Å². The van der Waals surface area contributed by atoms with Gasteiger partial charge in [0, 0.05) is 5.69 Å². The Labute approximate surface area is 127 Å². The van der Waals surface area contributed by atoms with Crippen LogP contribution in [-0.2, 0) is 4.79 Å². The summed E-state index contributed by atoms with van der Waals surface area (Å²) >= 11 is 0. The summed E-state index contributed by atoms with van der Waals surface area (Å²) in [5.74, 6) is 0.751. The van der Waals surface area contributed by atoms with Gasteiger partial charge in [-0.2, -0.15) is 0 Å². The molecule has 3 rings (SSSR count). The van der Waals surface area contributed by atoms with Crippen LogP contribution in [0.5, 0.6) is 0 Å². The third-order valence-electron chi connectivity index (χ3n) is 5.80. The molecular formula is C19H25NO. The first-order chi connectivity index (χ1) is 9.75. The Kier molecular flexibility index (Phi) is 3.05. The number of carbonyl (C=O) groups excluding carboxylic acids is 1. The van der Waals surface area contributed by atoms with Crippen molar-refractivity contribution in [2.45, 2.75) is 47.0 Å². The number of benzene rings is 1. The van der Waals surface area contributed by atoms with Crippen molar-refractivity contribution in [3.63, 3.8) is 0 Å². The van der Waals surface area contributed by atoms with Gasteiger partial charge in [0.2, 0.25) is 5.91 Å². The molecule has 1 aromatic carbocycles. The lowest BCUT2D eigenvalue weighted by molar-refractivity contribution is -0.123. The van der Waals surface area contributed by atoms with E-state index in [2.05, 4.69) is 45.7 Å². The third kappa shape index (κ3) is 2.04. The summed E-state index contributed by atoms with van der Waals surface area (Å²) < 4.78 is 0.